The van der Waals surface area contributed by atoms with Crippen LogP contribution in [0, 0.1) is 19.8 Å². The third kappa shape index (κ3) is 4.42. The molecule has 0 aliphatic carbocycles. The average Bonchev–Trinajstić information content (AvgIpc) is 2.61. The minimum Gasteiger partial charge on any atom is -0.358 e. The Hall–Kier alpha value is -0.870. The topological polar surface area (TPSA) is 41.1 Å². The Balaban J connectivity index is 2.61. The van der Waals surface area contributed by atoms with Crippen LogP contribution in [0.3, 0.4) is 0 Å². The standard InChI is InChI=1S/C14H24N2OS/c1-9(2)6-13(14(17)15-5)16-8-12-7-10(3)18-11(12)4/h7,9,13,16H,6,8H2,1-5H3,(H,15,17). The summed E-state index contributed by atoms with van der Waals surface area (Å²) < 4.78 is 0. The molecule has 1 amide bonds. The van der Waals surface area contributed by atoms with Crippen LogP contribution in [0.4, 0.5) is 0 Å². The van der Waals surface area contributed by atoms with Crippen molar-refractivity contribution in [3.05, 3.63) is 21.4 Å². The molecule has 0 spiro atoms. The van der Waals surface area contributed by atoms with Crippen LogP contribution in [-0.4, -0.2) is 19.0 Å². The molecule has 1 aromatic heterocycles. The van der Waals surface area contributed by atoms with Gasteiger partial charge in [-0.25, -0.2) is 0 Å². The summed E-state index contributed by atoms with van der Waals surface area (Å²) >= 11 is 1.81. The largest absolute Gasteiger partial charge is 0.358 e. The fourth-order valence-electron chi connectivity index (χ4n) is 2.02. The Morgan fingerprint density at radius 1 is 1.39 bits per heavy atom. The highest BCUT2D eigenvalue weighted by molar-refractivity contribution is 7.12. The van der Waals surface area contributed by atoms with Gasteiger partial charge in [-0.15, -0.1) is 11.3 Å². The first-order valence-corrected chi connectivity index (χ1v) is 7.26. The third-order valence-electron chi connectivity index (χ3n) is 2.95. The Kier molecular flexibility index (Phi) is 5.82. The molecule has 4 heteroatoms. The highest BCUT2D eigenvalue weighted by atomic mass is 32.1. The molecular formula is C14H24N2OS. The number of carbonyl (C=O) groups excluding carboxylic acids is 1. The molecule has 1 heterocycles. The zero-order valence-electron chi connectivity index (χ0n) is 12.0. The highest BCUT2D eigenvalue weighted by Gasteiger charge is 2.18. The van der Waals surface area contributed by atoms with E-state index >= 15 is 0 Å². The van der Waals surface area contributed by atoms with Crippen molar-refractivity contribution in [3.8, 4) is 0 Å². The lowest BCUT2D eigenvalue weighted by molar-refractivity contribution is -0.123. The summed E-state index contributed by atoms with van der Waals surface area (Å²) in [6.45, 7) is 9.29. The predicted molar refractivity (Wildman–Crippen MR) is 77.9 cm³/mol. The second-order valence-corrected chi connectivity index (χ2v) is 6.58. The van der Waals surface area contributed by atoms with E-state index in [1.165, 1.54) is 15.3 Å². The summed E-state index contributed by atoms with van der Waals surface area (Å²) in [7, 11) is 1.69. The van der Waals surface area contributed by atoms with Crippen molar-refractivity contribution in [2.75, 3.05) is 7.05 Å². The van der Waals surface area contributed by atoms with E-state index in [0.29, 0.717) is 5.92 Å². The van der Waals surface area contributed by atoms with Crippen molar-refractivity contribution in [1.82, 2.24) is 10.6 Å². The highest BCUT2D eigenvalue weighted by Crippen LogP contribution is 2.20. The van der Waals surface area contributed by atoms with Gasteiger partial charge >= 0.3 is 0 Å². The summed E-state index contributed by atoms with van der Waals surface area (Å²) in [5.41, 5.74) is 1.30. The number of thiophene rings is 1. The number of aryl methyl sites for hydroxylation is 2. The first kappa shape index (κ1) is 15.2. The van der Waals surface area contributed by atoms with E-state index in [2.05, 4.69) is 44.4 Å². The maximum atomic E-state index is 11.8. The van der Waals surface area contributed by atoms with Gasteiger partial charge in [-0.2, -0.15) is 0 Å². The Morgan fingerprint density at radius 2 is 2.06 bits per heavy atom. The van der Waals surface area contributed by atoms with Crippen molar-refractivity contribution in [3.63, 3.8) is 0 Å². The fourth-order valence-corrected chi connectivity index (χ4v) is 2.97. The number of rotatable bonds is 6. The Morgan fingerprint density at radius 3 is 2.50 bits per heavy atom. The number of hydrogen-bond acceptors (Lipinski definition) is 3. The molecule has 1 aromatic rings. The molecule has 0 bridgehead atoms. The van der Waals surface area contributed by atoms with Gasteiger partial charge in [0.05, 0.1) is 6.04 Å². The van der Waals surface area contributed by atoms with Crippen LogP contribution in [0.15, 0.2) is 6.07 Å². The first-order chi connectivity index (χ1) is 8.43. The quantitative estimate of drug-likeness (QED) is 0.832. The van der Waals surface area contributed by atoms with Crippen molar-refractivity contribution in [1.29, 1.82) is 0 Å². The molecule has 0 fully saturated rings. The lowest BCUT2D eigenvalue weighted by Gasteiger charge is -2.19. The van der Waals surface area contributed by atoms with Gasteiger partial charge < -0.3 is 10.6 Å². The molecular weight excluding hydrogens is 244 g/mol. The lowest BCUT2D eigenvalue weighted by Crippen LogP contribution is -2.43. The van der Waals surface area contributed by atoms with Crippen LogP contribution < -0.4 is 10.6 Å². The maximum absolute atomic E-state index is 11.8. The van der Waals surface area contributed by atoms with Gasteiger partial charge in [0.2, 0.25) is 5.91 Å². The third-order valence-corrected chi connectivity index (χ3v) is 3.96. The average molecular weight is 268 g/mol. The van der Waals surface area contributed by atoms with Gasteiger partial charge in [-0.1, -0.05) is 13.8 Å². The Bertz CT molecular complexity index is 398. The number of amides is 1. The van der Waals surface area contributed by atoms with Gasteiger partial charge in [-0.05, 0) is 37.8 Å². The molecule has 3 nitrogen and oxygen atoms in total. The van der Waals surface area contributed by atoms with Crippen molar-refractivity contribution < 1.29 is 4.79 Å². The van der Waals surface area contributed by atoms with E-state index < -0.39 is 0 Å². The van der Waals surface area contributed by atoms with Crippen LogP contribution in [0.25, 0.3) is 0 Å². The number of nitrogens with one attached hydrogen (secondary N) is 2. The molecule has 1 atom stereocenters. The van der Waals surface area contributed by atoms with Crippen LogP contribution in [0.2, 0.25) is 0 Å². The van der Waals surface area contributed by atoms with Crippen LogP contribution in [0.5, 0.6) is 0 Å². The number of carbonyl (C=O) groups is 1. The molecule has 0 saturated carbocycles. The second-order valence-electron chi connectivity index (χ2n) is 5.12. The molecule has 2 N–H and O–H groups in total. The summed E-state index contributed by atoms with van der Waals surface area (Å²) in [6.07, 6.45) is 0.863. The van der Waals surface area contributed by atoms with Gasteiger partial charge in [0.1, 0.15) is 0 Å². The normalized spacial score (nSPS) is 12.8. The summed E-state index contributed by atoms with van der Waals surface area (Å²) in [5.74, 6) is 0.582. The molecule has 1 rings (SSSR count). The minimum absolute atomic E-state index is 0.0771. The summed E-state index contributed by atoms with van der Waals surface area (Å²) in [5, 5.41) is 6.09. The SMILES string of the molecule is CNC(=O)C(CC(C)C)NCc1cc(C)sc1C. The van der Waals surface area contributed by atoms with E-state index in [9.17, 15) is 4.79 Å². The van der Waals surface area contributed by atoms with E-state index in [1.54, 1.807) is 7.05 Å². The predicted octanol–water partition coefficient (Wildman–Crippen LogP) is 2.62. The van der Waals surface area contributed by atoms with E-state index in [4.69, 9.17) is 0 Å². The van der Waals surface area contributed by atoms with Crippen LogP contribution >= 0.6 is 11.3 Å². The van der Waals surface area contributed by atoms with Crippen molar-refractivity contribution in [2.45, 2.75) is 46.7 Å². The first-order valence-electron chi connectivity index (χ1n) is 6.45. The van der Waals surface area contributed by atoms with Gasteiger partial charge in [-0.3, -0.25) is 4.79 Å². The summed E-state index contributed by atoms with van der Waals surface area (Å²) in [4.78, 5) is 14.4. The molecule has 1 unspecified atom stereocenters. The van der Waals surface area contributed by atoms with E-state index in [0.717, 1.165) is 13.0 Å². The van der Waals surface area contributed by atoms with E-state index in [-0.39, 0.29) is 11.9 Å². The van der Waals surface area contributed by atoms with Crippen LogP contribution in [-0.2, 0) is 11.3 Å². The molecule has 0 saturated heterocycles. The smallest absolute Gasteiger partial charge is 0.236 e. The van der Waals surface area contributed by atoms with Gasteiger partial charge in [0, 0.05) is 23.3 Å². The molecule has 0 aliphatic heterocycles. The monoisotopic (exact) mass is 268 g/mol. The molecule has 0 aliphatic rings. The van der Waals surface area contributed by atoms with Gasteiger partial charge in [0.25, 0.3) is 0 Å². The zero-order valence-corrected chi connectivity index (χ0v) is 12.8. The zero-order chi connectivity index (χ0) is 13.7. The lowest BCUT2D eigenvalue weighted by atomic mass is 10.0. The second kappa shape index (κ2) is 6.90. The van der Waals surface area contributed by atoms with Crippen molar-refractivity contribution >= 4 is 17.2 Å². The maximum Gasteiger partial charge on any atom is 0.236 e. The van der Waals surface area contributed by atoms with Gasteiger partial charge in [0.15, 0.2) is 0 Å². The molecule has 0 radical (unpaired) electrons. The molecule has 18 heavy (non-hydrogen) atoms. The Labute approximate surface area is 114 Å². The van der Waals surface area contributed by atoms with Crippen LogP contribution in [0.1, 0.15) is 35.6 Å². The molecule has 0 aromatic carbocycles. The molecule has 102 valence electrons. The number of hydrogen-bond donors (Lipinski definition) is 2. The fraction of sp³-hybridized carbons (Fsp3) is 0.643. The minimum atomic E-state index is -0.102. The number of likely N-dealkylation sites (N-methyl/N-ethyl adjacent to an activating group) is 1. The summed E-state index contributed by atoms with van der Waals surface area (Å²) in [6, 6.07) is 2.10. The van der Waals surface area contributed by atoms with E-state index in [1.807, 2.05) is 11.3 Å². The van der Waals surface area contributed by atoms with Crippen molar-refractivity contribution in [2.24, 2.45) is 5.92 Å².